The minimum Gasteiger partial charge on any atom is -0.384 e. The maximum absolute atomic E-state index is 3.82. The van der Waals surface area contributed by atoms with Gasteiger partial charge in [-0.2, -0.15) is 0 Å². The third-order valence-electron chi connectivity index (χ3n) is 5.14. The van der Waals surface area contributed by atoms with Crippen molar-refractivity contribution in [1.29, 1.82) is 0 Å². The summed E-state index contributed by atoms with van der Waals surface area (Å²) < 4.78 is 0. The molecule has 1 aromatic rings. The number of fused-ring (bicyclic) bond motifs is 4. The predicted octanol–water partition coefficient (Wildman–Crippen LogP) is 1.84. The molecule has 1 atom stereocenters. The number of nitrogens with one attached hydrogen (secondary N) is 2. The van der Waals surface area contributed by atoms with Crippen LogP contribution in [0, 0.1) is 5.92 Å². The molecule has 2 bridgehead atoms. The van der Waals surface area contributed by atoms with Gasteiger partial charge in [-0.1, -0.05) is 18.2 Å². The first-order chi connectivity index (χ1) is 9.40. The van der Waals surface area contributed by atoms with Crippen LogP contribution in [0.15, 0.2) is 18.2 Å². The highest BCUT2D eigenvalue weighted by molar-refractivity contribution is 5.61. The Kier molecular flexibility index (Phi) is 2.97. The Labute approximate surface area is 115 Å². The normalized spacial score (nSPS) is 32.1. The van der Waals surface area contributed by atoms with E-state index in [9.17, 15) is 0 Å². The van der Waals surface area contributed by atoms with Crippen LogP contribution in [0.2, 0.25) is 0 Å². The lowest BCUT2D eigenvalue weighted by molar-refractivity contribution is 0.0720. The summed E-state index contributed by atoms with van der Waals surface area (Å²) >= 11 is 0. The highest BCUT2D eigenvalue weighted by Gasteiger charge is 2.33. The van der Waals surface area contributed by atoms with Crippen molar-refractivity contribution in [2.45, 2.75) is 31.8 Å². The van der Waals surface area contributed by atoms with E-state index in [1.165, 1.54) is 55.7 Å². The quantitative estimate of drug-likeness (QED) is 0.865. The molecule has 0 saturated carbocycles. The average molecular weight is 257 g/mol. The fourth-order valence-corrected chi connectivity index (χ4v) is 4.00. The van der Waals surface area contributed by atoms with Crippen molar-refractivity contribution >= 4 is 5.69 Å². The van der Waals surface area contributed by atoms with Crippen LogP contribution >= 0.6 is 0 Å². The fourth-order valence-electron chi connectivity index (χ4n) is 4.00. The third-order valence-corrected chi connectivity index (χ3v) is 5.14. The standard InChI is InChI=1S/C16H23N3/c1-2-13-4-7-17-16(13)14(3-1)10-18-15-11-19-8-5-12(15)6-9-19/h1-3,12,15,17-18H,4-11H2. The molecule has 5 rings (SSSR count). The minimum atomic E-state index is 0.708. The second-order valence-electron chi connectivity index (χ2n) is 6.25. The lowest BCUT2D eigenvalue weighted by atomic mass is 9.84. The topological polar surface area (TPSA) is 27.3 Å². The van der Waals surface area contributed by atoms with Gasteiger partial charge in [0.2, 0.25) is 0 Å². The van der Waals surface area contributed by atoms with Gasteiger partial charge in [0.15, 0.2) is 0 Å². The van der Waals surface area contributed by atoms with Crippen LogP contribution in [-0.2, 0) is 13.0 Å². The van der Waals surface area contributed by atoms with E-state index in [-0.39, 0.29) is 0 Å². The Morgan fingerprint density at radius 2 is 2.16 bits per heavy atom. The fraction of sp³-hybridized carbons (Fsp3) is 0.625. The van der Waals surface area contributed by atoms with Crippen LogP contribution in [0.1, 0.15) is 24.0 Å². The molecule has 0 radical (unpaired) electrons. The van der Waals surface area contributed by atoms with Gasteiger partial charge in [0.05, 0.1) is 0 Å². The van der Waals surface area contributed by atoms with Crippen LogP contribution in [0.5, 0.6) is 0 Å². The van der Waals surface area contributed by atoms with E-state index < -0.39 is 0 Å². The Balaban J connectivity index is 1.44. The number of rotatable bonds is 3. The zero-order chi connectivity index (χ0) is 12.7. The van der Waals surface area contributed by atoms with Gasteiger partial charge in [-0.3, -0.25) is 0 Å². The van der Waals surface area contributed by atoms with Crippen LogP contribution in [0.4, 0.5) is 5.69 Å². The van der Waals surface area contributed by atoms with Gasteiger partial charge >= 0.3 is 0 Å². The summed E-state index contributed by atoms with van der Waals surface area (Å²) in [7, 11) is 0. The molecular weight excluding hydrogens is 234 g/mol. The zero-order valence-electron chi connectivity index (χ0n) is 11.5. The van der Waals surface area contributed by atoms with Crippen molar-refractivity contribution in [2.24, 2.45) is 5.92 Å². The summed E-state index contributed by atoms with van der Waals surface area (Å²) in [5.74, 6) is 0.912. The molecule has 19 heavy (non-hydrogen) atoms. The molecule has 1 unspecified atom stereocenters. The maximum Gasteiger partial charge on any atom is 0.0419 e. The lowest BCUT2D eigenvalue weighted by Gasteiger charge is -2.45. The molecule has 1 aromatic carbocycles. The molecule has 3 saturated heterocycles. The van der Waals surface area contributed by atoms with Crippen molar-refractivity contribution in [2.75, 3.05) is 31.5 Å². The molecule has 4 aliphatic rings. The SMILES string of the molecule is c1cc2c(c(CNC3CN4CCC3CC4)c1)NCC2. The van der Waals surface area contributed by atoms with Gasteiger partial charge < -0.3 is 15.5 Å². The monoisotopic (exact) mass is 257 g/mol. The second-order valence-corrected chi connectivity index (χ2v) is 6.25. The summed E-state index contributed by atoms with van der Waals surface area (Å²) in [6.45, 7) is 6.03. The number of nitrogens with zero attached hydrogens (tertiary/aromatic N) is 1. The Hall–Kier alpha value is -1.06. The van der Waals surface area contributed by atoms with Crippen molar-refractivity contribution in [3.05, 3.63) is 29.3 Å². The van der Waals surface area contributed by atoms with Gasteiger partial charge in [-0.05, 0) is 49.4 Å². The van der Waals surface area contributed by atoms with E-state index in [0.29, 0.717) is 6.04 Å². The van der Waals surface area contributed by atoms with Crippen LogP contribution in [-0.4, -0.2) is 37.1 Å². The van der Waals surface area contributed by atoms with Gasteiger partial charge in [0.25, 0.3) is 0 Å². The van der Waals surface area contributed by atoms with Crippen LogP contribution < -0.4 is 10.6 Å². The number of hydrogen-bond donors (Lipinski definition) is 2. The predicted molar refractivity (Wildman–Crippen MR) is 78.4 cm³/mol. The van der Waals surface area contributed by atoms with Gasteiger partial charge in [-0.15, -0.1) is 0 Å². The molecule has 2 N–H and O–H groups in total. The zero-order valence-corrected chi connectivity index (χ0v) is 11.5. The number of anilines is 1. The number of benzene rings is 1. The number of hydrogen-bond acceptors (Lipinski definition) is 3. The van der Waals surface area contributed by atoms with E-state index in [4.69, 9.17) is 0 Å². The molecule has 0 aliphatic carbocycles. The molecular formula is C16H23N3. The van der Waals surface area contributed by atoms with Crippen molar-refractivity contribution in [1.82, 2.24) is 10.2 Å². The Bertz CT molecular complexity index is 463. The molecule has 4 aliphatic heterocycles. The van der Waals surface area contributed by atoms with Crippen LogP contribution in [0.3, 0.4) is 0 Å². The first-order valence-corrected chi connectivity index (χ1v) is 7.70. The molecule has 3 nitrogen and oxygen atoms in total. The summed E-state index contributed by atoms with van der Waals surface area (Å²) in [6, 6.07) is 7.44. The lowest BCUT2D eigenvalue weighted by Crippen LogP contribution is -2.55. The largest absolute Gasteiger partial charge is 0.384 e. The average Bonchev–Trinajstić information content (AvgIpc) is 2.95. The number of piperidine rings is 3. The smallest absolute Gasteiger partial charge is 0.0419 e. The summed E-state index contributed by atoms with van der Waals surface area (Å²) in [5, 5.41) is 7.36. The van der Waals surface area contributed by atoms with E-state index in [1.54, 1.807) is 0 Å². The van der Waals surface area contributed by atoms with Gasteiger partial charge in [-0.25, -0.2) is 0 Å². The van der Waals surface area contributed by atoms with Crippen molar-refractivity contribution in [3.63, 3.8) is 0 Å². The summed E-state index contributed by atoms with van der Waals surface area (Å²) in [6.07, 6.45) is 3.97. The molecule has 0 amide bonds. The Morgan fingerprint density at radius 1 is 1.26 bits per heavy atom. The molecule has 4 heterocycles. The highest BCUT2D eigenvalue weighted by atomic mass is 15.2. The van der Waals surface area contributed by atoms with E-state index >= 15 is 0 Å². The molecule has 0 aromatic heterocycles. The highest BCUT2D eigenvalue weighted by Crippen LogP contribution is 2.29. The van der Waals surface area contributed by atoms with Crippen molar-refractivity contribution in [3.8, 4) is 0 Å². The van der Waals surface area contributed by atoms with Gasteiger partial charge in [0.1, 0.15) is 0 Å². The summed E-state index contributed by atoms with van der Waals surface area (Å²) in [4.78, 5) is 2.62. The van der Waals surface area contributed by atoms with Crippen LogP contribution in [0.25, 0.3) is 0 Å². The van der Waals surface area contributed by atoms with Gasteiger partial charge in [0, 0.05) is 31.4 Å². The second kappa shape index (κ2) is 4.80. The van der Waals surface area contributed by atoms with E-state index in [0.717, 1.165) is 19.0 Å². The van der Waals surface area contributed by atoms with Crippen molar-refractivity contribution < 1.29 is 0 Å². The maximum atomic E-state index is 3.82. The Morgan fingerprint density at radius 3 is 2.95 bits per heavy atom. The molecule has 102 valence electrons. The van der Waals surface area contributed by atoms with E-state index in [1.807, 2.05) is 0 Å². The molecule has 3 heteroatoms. The minimum absolute atomic E-state index is 0.708. The molecule has 0 spiro atoms. The van der Waals surface area contributed by atoms with E-state index in [2.05, 4.69) is 33.7 Å². The molecule has 3 fully saturated rings. The first-order valence-electron chi connectivity index (χ1n) is 7.70. The number of para-hydroxylation sites is 1. The first kappa shape index (κ1) is 11.7. The third kappa shape index (κ3) is 2.15. The summed E-state index contributed by atoms with van der Waals surface area (Å²) in [5.41, 5.74) is 4.34.